The molecule has 1 aliphatic carbocycles. The summed E-state index contributed by atoms with van der Waals surface area (Å²) in [7, 11) is 0. The number of rotatable bonds is 3. The molecule has 1 unspecified atom stereocenters. The molecule has 0 aromatic rings. The predicted octanol–water partition coefficient (Wildman–Crippen LogP) is 1.08. The number of hydrogen-bond acceptors (Lipinski definition) is 2. The molecule has 1 atom stereocenters. The first-order valence-electron chi connectivity index (χ1n) is 5.01. The van der Waals surface area contributed by atoms with Crippen molar-refractivity contribution in [3.05, 3.63) is 0 Å². The molecule has 1 heterocycles. The normalized spacial score (nSPS) is 31.2. The standard InChI is InChI=1S/C9H16F2N2/c10-9(11)5-7-6-13(4-3-12-7)8-1-2-8/h7-9,12H,1-6H2. The Balaban J connectivity index is 1.77. The molecule has 4 heteroatoms. The molecule has 1 saturated carbocycles. The summed E-state index contributed by atoms with van der Waals surface area (Å²) in [5.74, 6) is 0. The zero-order chi connectivity index (χ0) is 9.26. The van der Waals surface area contributed by atoms with E-state index < -0.39 is 6.43 Å². The first-order chi connectivity index (χ1) is 6.25. The van der Waals surface area contributed by atoms with E-state index in [9.17, 15) is 8.78 Å². The van der Waals surface area contributed by atoms with Crippen molar-refractivity contribution in [3.8, 4) is 0 Å². The Morgan fingerprint density at radius 1 is 1.38 bits per heavy atom. The van der Waals surface area contributed by atoms with Crippen LogP contribution in [-0.4, -0.2) is 43.0 Å². The Labute approximate surface area is 77.3 Å². The molecular formula is C9H16F2N2. The highest BCUT2D eigenvalue weighted by Crippen LogP contribution is 2.27. The van der Waals surface area contributed by atoms with E-state index in [-0.39, 0.29) is 12.5 Å². The summed E-state index contributed by atoms with van der Waals surface area (Å²) in [6, 6.07) is 0.719. The Morgan fingerprint density at radius 2 is 2.15 bits per heavy atom. The van der Waals surface area contributed by atoms with Crippen LogP contribution in [0.15, 0.2) is 0 Å². The second kappa shape index (κ2) is 3.88. The van der Waals surface area contributed by atoms with Crippen molar-refractivity contribution in [1.29, 1.82) is 0 Å². The number of nitrogens with zero attached hydrogens (tertiary/aromatic N) is 1. The summed E-state index contributed by atoms with van der Waals surface area (Å²) in [4.78, 5) is 2.35. The van der Waals surface area contributed by atoms with Gasteiger partial charge in [-0.05, 0) is 12.8 Å². The maximum absolute atomic E-state index is 12.1. The largest absolute Gasteiger partial charge is 0.311 e. The number of nitrogens with one attached hydrogen (secondary N) is 1. The van der Waals surface area contributed by atoms with E-state index in [1.807, 2.05) is 0 Å². The van der Waals surface area contributed by atoms with E-state index in [0.29, 0.717) is 6.04 Å². The van der Waals surface area contributed by atoms with Crippen LogP contribution in [0.5, 0.6) is 0 Å². The molecule has 0 aromatic carbocycles. The first kappa shape index (κ1) is 9.34. The van der Waals surface area contributed by atoms with Gasteiger partial charge in [0, 0.05) is 38.1 Å². The van der Waals surface area contributed by atoms with Crippen molar-refractivity contribution in [3.63, 3.8) is 0 Å². The van der Waals surface area contributed by atoms with Gasteiger partial charge in [0.05, 0.1) is 0 Å². The first-order valence-corrected chi connectivity index (χ1v) is 5.01. The second-order valence-electron chi connectivity index (χ2n) is 4.00. The highest BCUT2D eigenvalue weighted by molar-refractivity contribution is 4.90. The summed E-state index contributed by atoms with van der Waals surface area (Å²) >= 11 is 0. The van der Waals surface area contributed by atoms with Crippen molar-refractivity contribution in [2.75, 3.05) is 19.6 Å². The van der Waals surface area contributed by atoms with Crippen molar-refractivity contribution in [2.24, 2.45) is 0 Å². The van der Waals surface area contributed by atoms with Gasteiger partial charge in [-0.15, -0.1) is 0 Å². The van der Waals surface area contributed by atoms with E-state index in [4.69, 9.17) is 0 Å². The van der Waals surface area contributed by atoms with E-state index in [0.717, 1.165) is 19.6 Å². The number of alkyl halides is 2. The summed E-state index contributed by atoms with van der Waals surface area (Å²) in [6.07, 6.45) is 0.364. The van der Waals surface area contributed by atoms with Gasteiger partial charge in [0.1, 0.15) is 0 Å². The minimum atomic E-state index is -2.17. The average Bonchev–Trinajstić information content (AvgIpc) is 2.85. The van der Waals surface area contributed by atoms with Crippen LogP contribution in [0.3, 0.4) is 0 Å². The van der Waals surface area contributed by atoms with Crippen LogP contribution >= 0.6 is 0 Å². The van der Waals surface area contributed by atoms with Crippen LogP contribution in [0.2, 0.25) is 0 Å². The van der Waals surface area contributed by atoms with E-state index in [1.165, 1.54) is 12.8 Å². The third kappa shape index (κ3) is 2.61. The van der Waals surface area contributed by atoms with Gasteiger partial charge in [0.25, 0.3) is 0 Å². The number of piperazine rings is 1. The van der Waals surface area contributed by atoms with Gasteiger partial charge in [-0.25, -0.2) is 8.78 Å². The molecule has 0 aromatic heterocycles. The highest BCUT2D eigenvalue weighted by atomic mass is 19.3. The summed E-state index contributed by atoms with van der Waals surface area (Å²) < 4.78 is 24.2. The van der Waals surface area contributed by atoms with Crippen molar-refractivity contribution < 1.29 is 8.78 Å². The minimum absolute atomic E-state index is 0.00319. The summed E-state index contributed by atoms with van der Waals surface area (Å²) in [5.41, 5.74) is 0. The Bertz CT molecular complexity index is 171. The third-order valence-electron chi connectivity index (χ3n) is 2.81. The van der Waals surface area contributed by atoms with E-state index >= 15 is 0 Å². The SMILES string of the molecule is FC(F)CC1CN(C2CC2)CCN1. The molecule has 76 valence electrons. The minimum Gasteiger partial charge on any atom is -0.311 e. The van der Waals surface area contributed by atoms with E-state index in [2.05, 4.69) is 10.2 Å². The van der Waals surface area contributed by atoms with Crippen molar-refractivity contribution in [1.82, 2.24) is 10.2 Å². The number of halogens is 2. The zero-order valence-electron chi connectivity index (χ0n) is 7.68. The zero-order valence-corrected chi connectivity index (χ0v) is 7.68. The monoisotopic (exact) mass is 190 g/mol. The topological polar surface area (TPSA) is 15.3 Å². The molecule has 1 aliphatic heterocycles. The fourth-order valence-corrected chi connectivity index (χ4v) is 2.00. The van der Waals surface area contributed by atoms with Crippen LogP contribution in [0, 0.1) is 0 Å². The molecule has 1 saturated heterocycles. The molecule has 1 N–H and O–H groups in total. The fraction of sp³-hybridized carbons (Fsp3) is 1.00. The molecule has 0 amide bonds. The molecule has 2 aliphatic rings. The molecule has 0 spiro atoms. The molecule has 13 heavy (non-hydrogen) atoms. The smallest absolute Gasteiger partial charge is 0.240 e. The van der Waals surface area contributed by atoms with Gasteiger partial charge in [0.2, 0.25) is 6.43 Å². The molecule has 0 bridgehead atoms. The molecular weight excluding hydrogens is 174 g/mol. The number of hydrogen-bond donors (Lipinski definition) is 1. The highest BCUT2D eigenvalue weighted by Gasteiger charge is 2.32. The van der Waals surface area contributed by atoms with Gasteiger partial charge in [-0.1, -0.05) is 0 Å². The lowest BCUT2D eigenvalue weighted by molar-refractivity contribution is 0.0963. The van der Waals surface area contributed by atoms with Crippen molar-refractivity contribution in [2.45, 2.75) is 37.8 Å². The summed E-state index contributed by atoms with van der Waals surface area (Å²) in [6.45, 7) is 2.72. The van der Waals surface area contributed by atoms with Gasteiger partial charge in [0.15, 0.2) is 0 Å². The third-order valence-corrected chi connectivity index (χ3v) is 2.81. The molecule has 2 fully saturated rings. The fourth-order valence-electron chi connectivity index (χ4n) is 2.00. The van der Waals surface area contributed by atoms with Gasteiger partial charge >= 0.3 is 0 Å². The quantitative estimate of drug-likeness (QED) is 0.716. The van der Waals surface area contributed by atoms with Crippen LogP contribution in [0.4, 0.5) is 8.78 Å². The Hall–Kier alpha value is -0.220. The summed E-state index contributed by atoms with van der Waals surface area (Å²) in [5, 5.41) is 3.14. The van der Waals surface area contributed by atoms with Crippen LogP contribution in [0.1, 0.15) is 19.3 Å². The predicted molar refractivity (Wildman–Crippen MR) is 47.0 cm³/mol. The van der Waals surface area contributed by atoms with Crippen molar-refractivity contribution >= 4 is 0 Å². The van der Waals surface area contributed by atoms with Crippen LogP contribution < -0.4 is 5.32 Å². The molecule has 0 radical (unpaired) electrons. The second-order valence-corrected chi connectivity index (χ2v) is 4.00. The maximum Gasteiger partial charge on any atom is 0.240 e. The van der Waals surface area contributed by atoms with Crippen LogP contribution in [-0.2, 0) is 0 Å². The average molecular weight is 190 g/mol. The van der Waals surface area contributed by atoms with Gasteiger partial charge in [-0.3, -0.25) is 4.90 Å². The molecule has 2 nitrogen and oxygen atoms in total. The Kier molecular flexibility index (Phi) is 2.79. The lowest BCUT2D eigenvalue weighted by Crippen LogP contribution is -2.51. The molecule has 2 rings (SSSR count). The lowest BCUT2D eigenvalue weighted by atomic mass is 10.1. The van der Waals surface area contributed by atoms with E-state index in [1.54, 1.807) is 0 Å². The van der Waals surface area contributed by atoms with Gasteiger partial charge < -0.3 is 5.32 Å². The maximum atomic E-state index is 12.1. The van der Waals surface area contributed by atoms with Gasteiger partial charge in [-0.2, -0.15) is 0 Å². The van der Waals surface area contributed by atoms with Crippen LogP contribution in [0.25, 0.3) is 0 Å². The Morgan fingerprint density at radius 3 is 2.77 bits per heavy atom. The lowest BCUT2D eigenvalue weighted by Gasteiger charge is -2.33.